The number of pyridine rings is 1. The molecule has 0 aliphatic carbocycles. The molecule has 2 N–H and O–H groups in total. The molecule has 21 heavy (non-hydrogen) atoms. The Morgan fingerprint density at radius 3 is 2.43 bits per heavy atom. The molecule has 0 saturated heterocycles. The zero-order chi connectivity index (χ0) is 15.0. The minimum atomic E-state index is -0.275. The van der Waals surface area contributed by atoms with Gasteiger partial charge < -0.3 is 10.1 Å². The molecule has 3 aromatic rings. The lowest BCUT2D eigenvalue weighted by Gasteiger charge is -2.11. The fourth-order valence-corrected chi connectivity index (χ4v) is 2.53. The highest BCUT2D eigenvalue weighted by atomic mass is 16.3. The Bertz CT molecular complexity index is 848. The van der Waals surface area contributed by atoms with E-state index in [9.17, 15) is 9.90 Å². The second-order valence-corrected chi connectivity index (χ2v) is 5.50. The zero-order valence-electron chi connectivity index (χ0n) is 12.1. The van der Waals surface area contributed by atoms with Crippen molar-refractivity contribution in [3.63, 3.8) is 0 Å². The van der Waals surface area contributed by atoms with Gasteiger partial charge in [-0.1, -0.05) is 50.2 Å². The van der Waals surface area contributed by atoms with Crippen LogP contribution in [0.15, 0.2) is 53.3 Å². The molecule has 0 fully saturated rings. The normalized spacial score (nSPS) is 11.2. The number of rotatable bonds is 2. The largest absolute Gasteiger partial charge is 0.506 e. The van der Waals surface area contributed by atoms with Crippen LogP contribution in [0.1, 0.15) is 25.3 Å². The van der Waals surface area contributed by atoms with Crippen LogP contribution in [0, 0.1) is 0 Å². The van der Waals surface area contributed by atoms with Gasteiger partial charge in [-0.2, -0.15) is 0 Å². The predicted octanol–water partition coefficient (Wildman–Crippen LogP) is 4.02. The Hall–Kier alpha value is -2.55. The van der Waals surface area contributed by atoms with Gasteiger partial charge in [0.1, 0.15) is 5.75 Å². The Labute approximate surface area is 122 Å². The Morgan fingerprint density at radius 1 is 1.05 bits per heavy atom. The molecule has 106 valence electrons. The van der Waals surface area contributed by atoms with Gasteiger partial charge in [0.05, 0.1) is 11.1 Å². The van der Waals surface area contributed by atoms with E-state index in [1.807, 2.05) is 48.5 Å². The summed E-state index contributed by atoms with van der Waals surface area (Å²) in [6, 6.07) is 15.0. The standard InChI is InChI=1S/C18H17NO2/c1-11(2)13-8-9-15-14(10-13)17(20)16(18(21)19-15)12-6-4-3-5-7-12/h3-11H,1-2H3,(H2,19,20,21). The van der Waals surface area contributed by atoms with Gasteiger partial charge >= 0.3 is 0 Å². The van der Waals surface area contributed by atoms with Crippen molar-refractivity contribution >= 4 is 10.9 Å². The van der Waals surface area contributed by atoms with E-state index in [1.54, 1.807) is 0 Å². The molecule has 3 nitrogen and oxygen atoms in total. The molecular formula is C18H17NO2. The third-order valence-electron chi connectivity index (χ3n) is 3.74. The molecule has 0 amide bonds. The van der Waals surface area contributed by atoms with Crippen molar-refractivity contribution in [3.8, 4) is 16.9 Å². The van der Waals surface area contributed by atoms with E-state index < -0.39 is 0 Å². The van der Waals surface area contributed by atoms with Crippen LogP contribution in [0.2, 0.25) is 0 Å². The highest BCUT2D eigenvalue weighted by molar-refractivity contribution is 5.92. The summed E-state index contributed by atoms with van der Waals surface area (Å²) in [6.45, 7) is 4.20. The van der Waals surface area contributed by atoms with Gasteiger partial charge in [-0.25, -0.2) is 0 Å². The lowest BCUT2D eigenvalue weighted by molar-refractivity contribution is 0.482. The maximum absolute atomic E-state index is 12.3. The van der Waals surface area contributed by atoms with Crippen LogP contribution in [-0.2, 0) is 0 Å². The minimum absolute atomic E-state index is 0.0439. The Morgan fingerprint density at radius 2 is 1.76 bits per heavy atom. The van der Waals surface area contributed by atoms with Crippen LogP contribution in [-0.4, -0.2) is 10.1 Å². The first-order valence-electron chi connectivity index (χ1n) is 7.02. The zero-order valence-corrected chi connectivity index (χ0v) is 12.1. The van der Waals surface area contributed by atoms with Crippen molar-refractivity contribution in [2.45, 2.75) is 19.8 Å². The molecule has 0 spiro atoms. The summed E-state index contributed by atoms with van der Waals surface area (Å²) >= 11 is 0. The van der Waals surface area contributed by atoms with Gasteiger partial charge in [-0.05, 0) is 29.2 Å². The number of fused-ring (bicyclic) bond motifs is 1. The molecule has 3 rings (SSSR count). The van der Waals surface area contributed by atoms with E-state index in [4.69, 9.17) is 0 Å². The molecule has 2 aromatic carbocycles. The highest BCUT2D eigenvalue weighted by Crippen LogP contribution is 2.33. The van der Waals surface area contributed by atoms with Crippen LogP contribution in [0.4, 0.5) is 0 Å². The van der Waals surface area contributed by atoms with E-state index in [-0.39, 0.29) is 11.3 Å². The van der Waals surface area contributed by atoms with Crippen LogP contribution >= 0.6 is 0 Å². The summed E-state index contributed by atoms with van der Waals surface area (Å²) in [4.78, 5) is 15.1. The van der Waals surface area contributed by atoms with Crippen molar-refractivity contribution in [2.24, 2.45) is 0 Å². The third-order valence-corrected chi connectivity index (χ3v) is 3.74. The van der Waals surface area contributed by atoms with Gasteiger partial charge in [0.2, 0.25) is 0 Å². The Kier molecular flexibility index (Phi) is 3.26. The van der Waals surface area contributed by atoms with Gasteiger partial charge in [0, 0.05) is 5.39 Å². The molecule has 1 aromatic heterocycles. The maximum Gasteiger partial charge on any atom is 0.260 e. The van der Waals surface area contributed by atoms with E-state index in [0.29, 0.717) is 27.9 Å². The number of hydrogen-bond donors (Lipinski definition) is 2. The molecule has 0 radical (unpaired) electrons. The molecule has 0 unspecified atom stereocenters. The summed E-state index contributed by atoms with van der Waals surface area (Å²) < 4.78 is 0. The molecule has 1 heterocycles. The summed E-state index contributed by atoms with van der Waals surface area (Å²) in [6.07, 6.45) is 0. The second kappa shape index (κ2) is 5.09. The van der Waals surface area contributed by atoms with Crippen LogP contribution in [0.25, 0.3) is 22.0 Å². The predicted molar refractivity (Wildman–Crippen MR) is 85.8 cm³/mol. The molecule has 0 saturated carbocycles. The summed E-state index contributed by atoms with van der Waals surface area (Å²) in [5.74, 6) is 0.406. The molecule has 3 heteroatoms. The average Bonchev–Trinajstić information content (AvgIpc) is 2.48. The summed E-state index contributed by atoms with van der Waals surface area (Å²) in [7, 11) is 0. The fourth-order valence-electron chi connectivity index (χ4n) is 2.53. The van der Waals surface area contributed by atoms with E-state index in [0.717, 1.165) is 5.56 Å². The average molecular weight is 279 g/mol. The van der Waals surface area contributed by atoms with Crippen LogP contribution < -0.4 is 5.56 Å². The summed E-state index contributed by atoms with van der Waals surface area (Å²) in [5.41, 5.74) is 2.55. The van der Waals surface area contributed by atoms with Gasteiger partial charge in [-0.15, -0.1) is 0 Å². The van der Waals surface area contributed by atoms with Gasteiger partial charge in [-0.3, -0.25) is 4.79 Å². The van der Waals surface area contributed by atoms with Crippen molar-refractivity contribution in [2.75, 3.05) is 0 Å². The SMILES string of the molecule is CC(C)c1ccc2[nH]c(=O)c(-c3ccccc3)c(O)c2c1. The van der Waals surface area contributed by atoms with Crippen molar-refractivity contribution in [3.05, 3.63) is 64.4 Å². The first kappa shape index (κ1) is 13.4. The van der Waals surface area contributed by atoms with Crippen LogP contribution in [0.5, 0.6) is 5.75 Å². The second-order valence-electron chi connectivity index (χ2n) is 5.50. The number of aromatic amines is 1. The smallest absolute Gasteiger partial charge is 0.260 e. The van der Waals surface area contributed by atoms with Gasteiger partial charge in [0.15, 0.2) is 0 Å². The molecular weight excluding hydrogens is 262 g/mol. The monoisotopic (exact) mass is 279 g/mol. The fraction of sp³-hybridized carbons (Fsp3) is 0.167. The minimum Gasteiger partial charge on any atom is -0.506 e. The highest BCUT2D eigenvalue weighted by Gasteiger charge is 2.14. The molecule has 0 aliphatic heterocycles. The van der Waals surface area contributed by atoms with E-state index >= 15 is 0 Å². The number of H-pyrrole nitrogens is 1. The third kappa shape index (κ3) is 2.31. The van der Waals surface area contributed by atoms with Crippen molar-refractivity contribution < 1.29 is 5.11 Å². The summed E-state index contributed by atoms with van der Waals surface area (Å²) in [5, 5.41) is 11.3. The van der Waals surface area contributed by atoms with E-state index in [1.165, 1.54) is 0 Å². The number of aromatic nitrogens is 1. The number of nitrogens with one attached hydrogen (secondary N) is 1. The number of benzene rings is 2. The number of hydrogen-bond acceptors (Lipinski definition) is 2. The van der Waals surface area contributed by atoms with Crippen molar-refractivity contribution in [1.82, 2.24) is 4.98 Å². The molecule has 0 atom stereocenters. The lowest BCUT2D eigenvalue weighted by Crippen LogP contribution is -2.09. The first-order valence-corrected chi connectivity index (χ1v) is 7.02. The lowest BCUT2D eigenvalue weighted by atomic mass is 9.98. The first-order chi connectivity index (χ1) is 10.1. The maximum atomic E-state index is 12.3. The quantitative estimate of drug-likeness (QED) is 0.744. The Balaban J connectivity index is 2.34. The molecule has 0 bridgehead atoms. The number of aromatic hydroxyl groups is 1. The van der Waals surface area contributed by atoms with E-state index in [2.05, 4.69) is 18.8 Å². The van der Waals surface area contributed by atoms with Crippen molar-refractivity contribution in [1.29, 1.82) is 0 Å². The van der Waals surface area contributed by atoms with Gasteiger partial charge in [0.25, 0.3) is 5.56 Å². The molecule has 0 aliphatic rings. The van der Waals surface area contributed by atoms with Crippen LogP contribution in [0.3, 0.4) is 0 Å². The topological polar surface area (TPSA) is 53.1 Å².